The third-order valence-corrected chi connectivity index (χ3v) is 5.60. The van der Waals surface area contributed by atoms with Gasteiger partial charge in [0.15, 0.2) is 5.75 Å². The minimum absolute atomic E-state index is 0.0929. The van der Waals surface area contributed by atoms with Crippen molar-refractivity contribution in [1.29, 1.82) is 0 Å². The zero-order valence-electron chi connectivity index (χ0n) is 16.2. The molecule has 1 saturated heterocycles. The number of carbonyl (C=O) groups excluding carboxylic acids is 1. The lowest BCUT2D eigenvalue weighted by Gasteiger charge is -2.36. The lowest BCUT2D eigenvalue weighted by atomic mass is 10.1. The molecule has 0 aliphatic carbocycles. The van der Waals surface area contributed by atoms with Crippen molar-refractivity contribution in [1.82, 2.24) is 14.8 Å². The topological polar surface area (TPSA) is 58.0 Å². The molecule has 6 nitrogen and oxygen atoms in total. The predicted octanol–water partition coefficient (Wildman–Crippen LogP) is 4.38. The first-order valence-electron chi connectivity index (χ1n) is 9.80. The van der Waals surface area contributed by atoms with Crippen LogP contribution >= 0.6 is 11.6 Å². The second-order valence-electron chi connectivity index (χ2n) is 7.12. The van der Waals surface area contributed by atoms with Crippen LogP contribution in [0.4, 0.5) is 5.69 Å². The average molecular weight is 419 g/mol. The fraction of sp³-hybridized carbons (Fsp3) is 0.174. The number of hydrogen-bond donors (Lipinski definition) is 0. The van der Waals surface area contributed by atoms with Gasteiger partial charge in [-0.1, -0.05) is 35.9 Å². The van der Waals surface area contributed by atoms with Gasteiger partial charge in [0.25, 0.3) is 5.91 Å². The molecular weight excluding hydrogens is 400 g/mol. The van der Waals surface area contributed by atoms with Crippen molar-refractivity contribution >= 4 is 29.0 Å². The summed E-state index contributed by atoms with van der Waals surface area (Å²) in [6.45, 7) is 2.49. The number of halogens is 1. The van der Waals surface area contributed by atoms with Gasteiger partial charge in [0.1, 0.15) is 22.4 Å². The molecule has 0 bridgehead atoms. The Bertz CT molecular complexity index is 1140. The minimum Gasteiger partial charge on any atom is -0.454 e. The van der Waals surface area contributed by atoms with Crippen LogP contribution in [0.15, 0.2) is 71.9 Å². The summed E-state index contributed by atoms with van der Waals surface area (Å²) < 4.78 is 6.13. The van der Waals surface area contributed by atoms with Crippen LogP contribution in [0.3, 0.4) is 0 Å². The van der Waals surface area contributed by atoms with Crippen LogP contribution < -0.4 is 4.74 Å². The van der Waals surface area contributed by atoms with Crippen LogP contribution in [0.1, 0.15) is 15.9 Å². The Labute approximate surface area is 179 Å². The molecule has 0 unspecified atom stereocenters. The van der Waals surface area contributed by atoms with Crippen LogP contribution in [0.25, 0.3) is 0 Å². The molecule has 30 heavy (non-hydrogen) atoms. The zero-order chi connectivity index (χ0) is 20.5. The Kier molecular flexibility index (Phi) is 4.85. The van der Waals surface area contributed by atoms with Crippen molar-refractivity contribution in [2.75, 3.05) is 26.2 Å². The van der Waals surface area contributed by atoms with E-state index in [0.717, 1.165) is 28.6 Å². The van der Waals surface area contributed by atoms with Gasteiger partial charge in [-0.05, 0) is 36.4 Å². The SMILES string of the molecule is O=C(c1cccnc1Cl)N1CCN(C2=Nc3ccccc3Oc3ccccc32)CC1. The minimum atomic E-state index is -0.0929. The Morgan fingerprint density at radius 1 is 0.900 bits per heavy atom. The van der Waals surface area contributed by atoms with E-state index in [2.05, 4.69) is 9.88 Å². The van der Waals surface area contributed by atoms with E-state index in [4.69, 9.17) is 21.3 Å². The number of aromatic nitrogens is 1. The standard InChI is InChI=1S/C23H19ClN4O2/c24-21-17(7-5-11-25-21)23(29)28-14-12-27(13-15-28)22-16-6-1-3-9-19(16)30-20-10-4-2-8-18(20)26-22/h1-11H,12-15H2. The van der Waals surface area contributed by atoms with E-state index < -0.39 is 0 Å². The van der Waals surface area contributed by atoms with Crippen LogP contribution in [-0.4, -0.2) is 52.7 Å². The van der Waals surface area contributed by atoms with Gasteiger partial charge in [0.05, 0.1) is 11.1 Å². The summed E-state index contributed by atoms with van der Waals surface area (Å²) in [5.74, 6) is 2.29. The van der Waals surface area contributed by atoms with Gasteiger partial charge in [-0.2, -0.15) is 0 Å². The summed E-state index contributed by atoms with van der Waals surface area (Å²) in [6, 6.07) is 19.1. The van der Waals surface area contributed by atoms with Crippen LogP contribution in [0.5, 0.6) is 11.5 Å². The third kappa shape index (κ3) is 3.39. The molecule has 1 fully saturated rings. The van der Waals surface area contributed by atoms with Gasteiger partial charge in [-0.3, -0.25) is 4.79 Å². The highest BCUT2D eigenvalue weighted by atomic mass is 35.5. The lowest BCUT2D eigenvalue weighted by molar-refractivity contribution is 0.0692. The van der Waals surface area contributed by atoms with E-state index in [9.17, 15) is 4.79 Å². The Morgan fingerprint density at radius 3 is 2.43 bits per heavy atom. The van der Waals surface area contributed by atoms with Crippen molar-refractivity contribution in [2.45, 2.75) is 0 Å². The largest absolute Gasteiger partial charge is 0.454 e. The molecule has 2 aliphatic heterocycles. The van der Waals surface area contributed by atoms with Crippen molar-refractivity contribution in [3.05, 3.63) is 83.1 Å². The molecule has 0 saturated carbocycles. The molecule has 3 heterocycles. The van der Waals surface area contributed by atoms with Gasteiger partial charge >= 0.3 is 0 Å². The summed E-state index contributed by atoms with van der Waals surface area (Å²) in [7, 11) is 0. The number of aliphatic imine (C=N–C) groups is 1. The quantitative estimate of drug-likeness (QED) is 0.550. The molecule has 1 aromatic heterocycles. The maximum atomic E-state index is 12.9. The number of nitrogens with zero attached hydrogens (tertiary/aromatic N) is 4. The lowest BCUT2D eigenvalue weighted by Crippen LogP contribution is -2.50. The summed E-state index contributed by atoms with van der Waals surface area (Å²) in [6.07, 6.45) is 1.58. The zero-order valence-corrected chi connectivity index (χ0v) is 16.9. The molecule has 0 N–H and O–H groups in total. The molecule has 0 radical (unpaired) electrons. The number of rotatable bonds is 1. The van der Waals surface area contributed by atoms with E-state index in [1.165, 1.54) is 0 Å². The van der Waals surface area contributed by atoms with Crippen molar-refractivity contribution in [3.8, 4) is 11.5 Å². The molecule has 2 aromatic carbocycles. The third-order valence-electron chi connectivity index (χ3n) is 5.30. The first kappa shape index (κ1) is 18.6. The smallest absolute Gasteiger partial charge is 0.257 e. The van der Waals surface area contributed by atoms with Crippen molar-refractivity contribution in [2.24, 2.45) is 4.99 Å². The monoisotopic (exact) mass is 418 g/mol. The molecule has 3 aromatic rings. The number of ether oxygens (including phenoxy) is 1. The summed E-state index contributed by atoms with van der Waals surface area (Å²) >= 11 is 6.11. The van der Waals surface area contributed by atoms with Crippen molar-refractivity contribution < 1.29 is 9.53 Å². The van der Waals surface area contributed by atoms with Gasteiger partial charge in [-0.15, -0.1) is 0 Å². The number of amidine groups is 1. The molecule has 7 heteroatoms. The predicted molar refractivity (Wildman–Crippen MR) is 116 cm³/mol. The number of para-hydroxylation sites is 3. The molecule has 0 spiro atoms. The summed E-state index contributed by atoms with van der Waals surface area (Å²) in [4.78, 5) is 25.8. The number of fused-ring (bicyclic) bond motifs is 2. The maximum Gasteiger partial charge on any atom is 0.257 e. The van der Waals surface area contributed by atoms with E-state index in [1.807, 2.05) is 53.4 Å². The number of carbonyl (C=O) groups is 1. The Morgan fingerprint density at radius 2 is 1.63 bits per heavy atom. The van der Waals surface area contributed by atoms with Gasteiger partial charge in [0.2, 0.25) is 0 Å². The fourth-order valence-corrected chi connectivity index (χ4v) is 3.95. The average Bonchev–Trinajstić information content (AvgIpc) is 2.96. The molecule has 1 amide bonds. The van der Waals surface area contributed by atoms with Crippen LogP contribution in [0.2, 0.25) is 5.15 Å². The van der Waals surface area contributed by atoms with Crippen molar-refractivity contribution in [3.63, 3.8) is 0 Å². The highest BCUT2D eigenvalue weighted by Crippen LogP contribution is 2.37. The van der Waals surface area contributed by atoms with E-state index >= 15 is 0 Å². The summed E-state index contributed by atoms with van der Waals surface area (Å²) in [5.41, 5.74) is 2.18. The fourth-order valence-electron chi connectivity index (χ4n) is 3.75. The maximum absolute atomic E-state index is 12.9. The summed E-state index contributed by atoms with van der Waals surface area (Å²) in [5, 5.41) is 0.237. The molecule has 0 atom stereocenters. The number of amides is 1. The molecule has 2 aliphatic rings. The number of hydrogen-bond acceptors (Lipinski definition) is 5. The second-order valence-corrected chi connectivity index (χ2v) is 7.48. The van der Waals surface area contributed by atoms with E-state index in [-0.39, 0.29) is 11.1 Å². The van der Waals surface area contributed by atoms with Gasteiger partial charge in [-0.25, -0.2) is 9.98 Å². The Balaban J connectivity index is 1.41. The van der Waals surface area contributed by atoms with Gasteiger partial charge in [0, 0.05) is 32.4 Å². The van der Waals surface area contributed by atoms with E-state index in [1.54, 1.807) is 18.3 Å². The number of benzene rings is 2. The highest BCUT2D eigenvalue weighted by molar-refractivity contribution is 6.32. The molecule has 150 valence electrons. The van der Waals surface area contributed by atoms with Gasteiger partial charge < -0.3 is 14.5 Å². The molecule has 5 rings (SSSR count). The first-order chi connectivity index (χ1) is 14.7. The normalized spacial score (nSPS) is 15.4. The van der Waals surface area contributed by atoms with Crippen LogP contribution in [0, 0.1) is 0 Å². The second kappa shape index (κ2) is 7.80. The number of pyridine rings is 1. The Hall–Kier alpha value is -3.38. The van der Waals surface area contributed by atoms with Crippen LogP contribution in [-0.2, 0) is 0 Å². The first-order valence-corrected chi connectivity index (χ1v) is 10.2. The molecular formula is C23H19ClN4O2. The van der Waals surface area contributed by atoms with E-state index in [0.29, 0.717) is 31.7 Å². The highest BCUT2D eigenvalue weighted by Gasteiger charge is 2.28. The number of piperazine rings is 1.